The number of aliphatic carboxylic acids is 1. The number of halogens is 2. The van der Waals surface area contributed by atoms with Crippen molar-refractivity contribution in [2.45, 2.75) is 24.9 Å². The van der Waals surface area contributed by atoms with Gasteiger partial charge in [0.1, 0.15) is 0 Å². The minimum Gasteiger partial charge on any atom is -0.479 e. The molecule has 3 rings (SSSR count). The van der Waals surface area contributed by atoms with Gasteiger partial charge in [-0.05, 0) is 47.2 Å². The Bertz CT molecular complexity index is 1020. The smallest absolute Gasteiger partial charge is 0.341 e. The number of carboxylic acids is 1. The summed E-state index contributed by atoms with van der Waals surface area (Å²) >= 11 is 5.91. The number of carbonyl (C=O) groups is 1. The Kier molecular flexibility index (Phi) is 6.85. The third-order valence-corrected chi connectivity index (χ3v) is 5.25. The summed E-state index contributed by atoms with van der Waals surface area (Å²) in [6, 6.07) is 23.4. The number of benzene rings is 3. The van der Waals surface area contributed by atoms with E-state index in [1.54, 1.807) is 36.4 Å². The molecule has 2 N–H and O–H groups in total. The van der Waals surface area contributed by atoms with Crippen molar-refractivity contribution >= 4 is 23.3 Å². The van der Waals surface area contributed by atoms with Crippen molar-refractivity contribution in [1.82, 2.24) is 0 Å². The second kappa shape index (κ2) is 9.55. The molecule has 0 aliphatic carbocycles. The molecule has 0 spiro atoms. The topological polar surface area (TPSA) is 69.9 Å². The van der Waals surface area contributed by atoms with E-state index in [0.29, 0.717) is 10.6 Å². The van der Waals surface area contributed by atoms with Crippen molar-refractivity contribution in [2.24, 2.45) is 5.16 Å². The summed E-state index contributed by atoms with van der Waals surface area (Å²) in [7, 11) is 0. The van der Waals surface area contributed by atoms with Crippen molar-refractivity contribution in [2.75, 3.05) is 0 Å². The molecule has 0 bridgehead atoms. The normalized spacial score (nSPS) is 13.6. The molecule has 6 heteroatoms. The average molecular weight is 426 g/mol. The molecule has 0 saturated heterocycles. The first-order valence-electron chi connectivity index (χ1n) is 9.45. The van der Waals surface area contributed by atoms with E-state index in [2.05, 4.69) is 5.16 Å². The number of alkyl halides is 1. The molecule has 1 atom stereocenters. The first-order valence-corrected chi connectivity index (χ1v) is 9.82. The van der Waals surface area contributed by atoms with E-state index < -0.39 is 18.1 Å². The number of hydrogen-bond donors (Lipinski definition) is 2. The highest BCUT2D eigenvalue weighted by atomic mass is 35.5. The van der Waals surface area contributed by atoms with Crippen LogP contribution in [-0.2, 0) is 11.2 Å². The number of rotatable bonds is 8. The van der Waals surface area contributed by atoms with Crippen molar-refractivity contribution in [3.05, 3.63) is 95.0 Å². The predicted molar refractivity (Wildman–Crippen MR) is 116 cm³/mol. The molecule has 0 aliphatic rings. The molecular formula is C24H21ClFNO3. The van der Waals surface area contributed by atoms with Gasteiger partial charge in [-0.3, -0.25) is 0 Å². The molecule has 0 amide bonds. The van der Waals surface area contributed by atoms with Crippen LogP contribution in [-0.4, -0.2) is 27.7 Å². The van der Waals surface area contributed by atoms with E-state index in [1.165, 1.54) is 0 Å². The summed E-state index contributed by atoms with van der Waals surface area (Å²) in [6.07, 6.45) is -0.502. The van der Waals surface area contributed by atoms with E-state index in [1.807, 2.05) is 42.5 Å². The Morgan fingerprint density at radius 1 is 0.933 bits per heavy atom. The summed E-state index contributed by atoms with van der Waals surface area (Å²) in [5, 5.41) is 22.8. The molecule has 1 unspecified atom stereocenters. The molecule has 0 aliphatic heterocycles. The molecule has 3 aromatic carbocycles. The molecule has 3 aromatic rings. The first-order chi connectivity index (χ1) is 14.4. The van der Waals surface area contributed by atoms with E-state index in [9.17, 15) is 15.1 Å². The molecule has 30 heavy (non-hydrogen) atoms. The Hall–Kier alpha value is -3.18. The average Bonchev–Trinajstić information content (AvgIpc) is 2.77. The van der Waals surface area contributed by atoms with E-state index in [4.69, 9.17) is 11.6 Å². The maximum atomic E-state index is 15.3. The quantitative estimate of drug-likeness (QED) is 0.264. The summed E-state index contributed by atoms with van der Waals surface area (Å²) < 4.78 is 15.3. The maximum Gasteiger partial charge on any atom is 0.341 e. The number of hydrogen-bond acceptors (Lipinski definition) is 3. The molecule has 0 heterocycles. The van der Waals surface area contributed by atoms with Gasteiger partial charge in [-0.15, -0.1) is 0 Å². The number of aryl methyl sites for hydroxylation is 1. The monoisotopic (exact) mass is 425 g/mol. The fraction of sp³-hybridized carbons (Fsp3) is 0.167. The van der Waals surface area contributed by atoms with Crippen molar-refractivity contribution in [3.63, 3.8) is 0 Å². The van der Waals surface area contributed by atoms with E-state index in [-0.39, 0.29) is 18.6 Å². The van der Waals surface area contributed by atoms with Crippen molar-refractivity contribution in [1.29, 1.82) is 0 Å². The van der Waals surface area contributed by atoms with Crippen LogP contribution in [0.4, 0.5) is 4.39 Å². The lowest BCUT2D eigenvalue weighted by molar-refractivity contribution is -0.150. The van der Waals surface area contributed by atoms with Crippen LogP contribution in [0.15, 0.2) is 84.0 Å². The highest BCUT2D eigenvalue weighted by Gasteiger charge is 2.40. The second-order valence-corrected chi connectivity index (χ2v) is 7.50. The van der Waals surface area contributed by atoms with Crippen LogP contribution in [0.2, 0.25) is 5.02 Å². The molecular weight excluding hydrogens is 405 g/mol. The first kappa shape index (κ1) is 21.5. The van der Waals surface area contributed by atoms with Gasteiger partial charge >= 0.3 is 5.97 Å². The Labute approximate surface area is 179 Å². The van der Waals surface area contributed by atoms with Crippen LogP contribution in [0.5, 0.6) is 0 Å². The van der Waals surface area contributed by atoms with Crippen LogP contribution in [0.1, 0.15) is 24.0 Å². The second-order valence-electron chi connectivity index (χ2n) is 7.06. The zero-order chi connectivity index (χ0) is 21.6. The Balaban J connectivity index is 1.76. The molecule has 0 aromatic heterocycles. The van der Waals surface area contributed by atoms with Gasteiger partial charge in [0, 0.05) is 11.4 Å². The summed E-state index contributed by atoms with van der Waals surface area (Å²) in [4.78, 5) is 11.7. The summed E-state index contributed by atoms with van der Waals surface area (Å²) in [5.74, 6) is -1.57. The van der Waals surface area contributed by atoms with Gasteiger partial charge in [-0.2, -0.15) is 0 Å². The molecule has 154 valence electrons. The molecule has 0 fully saturated rings. The lowest BCUT2D eigenvalue weighted by Gasteiger charge is -2.21. The van der Waals surface area contributed by atoms with Gasteiger partial charge < -0.3 is 10.3 Å². The van der Waals surface area contributed by atoms with Gasteiger partial charge in [0.2, 0.25) is 5.67 Å². The Morgan fingerprint density at radius 3 is 2.03 bits per heavy atom. The molecule has 4 nitrogen and oxygen atoms in total. The van der Waals surface area contributed by atoms with Crippen molar-refractivity contribution in [3.8, 4) is 11.1 Å². The SMILES string of the molecule is O=C(O)C(F)(CCc1ccccc1)C/C(=N\O)c1ccc(-c2ccc(Cl)cc2)cc1. The maximum absolute atomic E-state index is 15.3. The minimum absolute atomic E-state index is 0.0179. The fourth-order valence-corrected chi connectivity index (χ4v) is 3.34. The van der Waals surface area contributed by atoms with Crippen LogP contribution in [0.3, 0.4) is 0 Å². The number of nitrogens with zero attached hydrogens (tertiary/aromatic N) is 1. The van der Waals surface area contributed by atoms with E-state index in [0.717, 1.165) is 16.7 Å². The van der Waals surface area contributed by atoms with Crippen LogP contribution >= 0.6 is 11.6 Å². The number of oxime groups is 1. The van der Waals surface area contributed by atoms with Gasteiger partial charge in [-0.25, -0.2) is 9.18 Å². The van der Waals surface area contributed by atoms with Gasteiger partial charge in [0.25, 0.3) is 0 Å². The van der Waals surface area contributed by atoms with Crippen molar-refractivity contribution < 1.29 is 19.5 Å². The van der Waals surface area contributed by atoms with Gasteiger partial charge in [0.15, 0.2) is 0 Å². The number of carboxylic acid groups (broad SMARTS) is 1. The summed E-state index contributed by atoms with van der Waals surface area (Å²) in [6.45, 7) is 0. The third kappa shape index (κ3) is 5.24. The fourth-order valence-electron chi connectivity index (χ4n) is 3.22. The van der Waals surface area contributed by atoms with Crippen LogP contribution < -0.4 is 0 Å². The van der Waals surface area contributed by atoms with E-state index >= 15 is 4.39 Å². The van der Waals surface area contributed by atoms with Crippen LogP contribution in [0.25, 0.3) is 11.1 Å². The summed E-state index contributed by atoms with van der Waals surface area (Å²) in [5.41, 5.74) is 0.583. The zero-order valence-electron chi connectivity index (χ0n) is 16.1. The Morgan fingerprint density at radius 2 is 1.50 bits per heavy atom. The highest BCUT2D eigenvalue weighted by molar-refractivity contribution is 6.30. The molecule has 0 radical (unpaired) electrons. The highest BCUT2D eigenvalue weighted by Crippen LogP contribution is 2.28. The van der Waals surface area contributed by atoms with Crippen LogP contribution in [0, 0.1) is 0 Å². The molecule has 0 saturated carbocycles. The van der Waals surface area contributed by atoms with Gasteiger partial charge in [0.05, 0.1) is 5.71 Å². The largest absolute Gasteiger partial charge is 0.479 e. The predicted octanol–water partition coefficient (Wildman–Crippen LogP) is 6.00. The zero-order valence-corrected chi connectivity index (χ0v) is 16.9. The van der Waals surface area contributed by atoms with Gasteiger partial charge in [-0.1, -0.05) is 83.5 Å². The minimum atomic E-state index is -2.55. The standard InChI is InChI=1S/C24H21ClFNO3/c25-21-12-10-19(11-13-21)18-6-8-20(9-7-18)22(27-30)16-24(26,23(28)29)15-14-17-4-2-1-3-5-17/h1-13,30H,14-16H2,(H,28,29)/b27-22+. The third-order valence-electron chi connectivity index (χ3n) is 5.00. The lowest BCUT2D eigenvalue weighted by Crippen LogP contribution is -2.37. The lowest BCUT2D eigenvalue weighted by atomic mass is 9.89.